The molecule has 4 rings (SSSR count). The quantitative estimate of drug-likeness (QED) is 0.362. The summed E-state index contributed by atoms with van der Waals surface area (Å²) in [6.07, 6.45) is 3.71. The Bertz CT molecular complexity index is 1230. The summed E-state index contributed by atoms with van der Waals surface area (Å²) in [6.45, 7) is 0.175. The minimum absolute atomic E-state index is 0.00505. The van der Waals surface area contributed by atoms with Gasteiger partial charge in [-0.1, -0.05) is 12.1 Å². The highest BCUT2D eigenvalue weighted by Gasteiger charge is 2.31. The van der Waals surface area contributed by atoms with Crippen LogP contribution in [-0.4, -0.2) is 77.1 Å². The molecule has 1 saturated carbocycles. The van der Waals surface area contributed by atoms with Crippen LogP contribution in [0.2, 0.25) is 0 Å². The van der Waals surface area contributed by atoms with E-state index in [4.69, 9.17) is 18.9 Å². The number of amides is 1. The summed E-state index contributed by atoms with van der Waals surface area (Å²) in [6, 6.07) is 13.6. The number of carbonyl (C=O) groups is 1. The summed E-state index contributed by atoms with van der Waals surface area (Å²) in [7, 11) is -0.771. The second-order valence-electron chi connectivity index (χ2n) is 9.52. The number of hydrogen-bond donors (Lipinski definition) is 2. The van der Waals surface area contributed by atoms with Gasteiger partial charge in [0.25, 0.3) is 5.91 Å². The number of hydrogen-bond acceptors (Lipinski definition) is 8. The molecular weight excluding hydrogens is 524 g/mol. The number of nitrogens with zero attached hydrogens (tertiary/aromatic N) is 1. The van der Waals surface area contributed by atoms with Crippen LogP contribution in [-0.2, 0) is 24.3 Å². The molecule has 39 heavy (non-hydrogen) atoms. The molecule has 0 saturated heterocycles. The predicted molar refractivity (Wildman–Crippen MR) is 144 cm³/mol. The Morgan fingerprint density at radius 1 is 1.03 bits per heavy atom. The highest BCUT2D eigenvalue weighted by atomic mass is 32.2. The SMILES string of the molecule is COc1ccc([C@@H]2C=C(C(=O)NCC3CC3)O[C@H](OCCN(CCO)S(=O)(=O)c3ccc(OC)cc3)C2)cc1. The fourth-order valence-corrected chi connectivity index (χ4v) is 5.71. The lowest BCUT2D eigenvalue weighted by Gasteiger charge is -2.30. The molecule has 1 amide bonds. The number of allylic oxidation sites excluding steroid dienone is 1. The van der Waals surface area contributed by atoms with Gasteiger partial charge in [-0.2, -0.15) is 4.31 Å². The van der Waals surface area contributed by atoms with Crippen molar-refractivity contribution in [2.75, 3.05) is 47.1 Å². The molecule has 0 bridgehead atoms. The molecule has 1 aliphatic carbocycles. The van der Waals surface area contributed by atoms with Crippen LogP contribution in [0.15, 0.2) is 65.3 Å². The summed E-state index contributed by atoms with van der Waals surface area (Å²) < 4.78 is 49.8. The van der Waals surface area contributed by atoms with Crippen LogP contribution in [0.4, 0.5) is 0 Å². The number of ether oxygens (including phenoxy) is 4. The number of rotatable bonds is 14. The normalized spacial score (nSPS) is 19.2. The first-order chi connectivity index (χ1) is 18.8. The van der Waals surface area contributed by atoms with E-state index in [-0.39, 0.29) is 48.8 Å². The Balaban J connectivity index is 1.43. The molecule has 1 heterocycles. The van der Waals surface area contributed by atoms with Crippen LogP contribution in [0.25, 0.3) is 0 Å². The van der Waals surface area contributed by atoms with Crippen LogP contribution < -0.4 is 14.8 Å². The zero-order valence-electron chi connectivity index (χ0n) is 22.2. The summed E-state index contributed by atoms with van der Waals surface area (Å²) in [5.41, 5.74) is 0.976. The van der Waals surface area contributed by atoms with Crippen LogP contribution in [0.3, 0.4) is 0 Å². The molecule has 2 atom stereocenters. The Morgan fingerprint density at radius 2 is 1.67 bits per heavy atom. The molecule has 0 radical (unpaired) electrons. The van der Waals surface area contributed by atoms with Crippen molar-refractivity contribution < 1.29 is 37.3 Å². The lowest BCUT2D eigenvalue weighted by molar-refractivity contribution is -0.146. The molecule has 0 aromatic heterocycles. The van der Waals surface area contributed by atoms with Gasteiger partial charge in [0, 0.05) is 32.0 Å². The maximum absolute atomic E-state index is 13.2. The average Bonchev–Trinajstić information content (AvgIpc) is 3.80. The van der Waals surface area contributed by atoms with Crippen molar-refractivity contribution in [2.45, 2.75) is 36.4 Å². The molecule has 0 spiro atoms. The van der Waals surface area contributed by atoms with Crippen molar-refractivity contribution in [3.05, 3.63) is 65.9 Å². The van der Waals surface area contributed by atoms with Crippen molar-refractivity contribution in [2.24, 2.45) is 5.92 Å². The first-order valence-electron chi connectivity index (χ1n) is 13.0. The number of sulfonamides is 1. The van der Waals surface area contributed by atoms with Gasteiger partial charge in [-0.15, -0.1) is 0 Å². The minimum Gasteiger partial charge on any atom is -0.497 e. The largest absolute Gasteiger partial charge is 0.497 e. The fourth-order valence-electron chi connectivity index (χ4n) is 4.29. The van der Waals surface area contributed by atoms with E-state index in [0.29, 0.717) is 24.6 Å². The van der Waals surface area contributed by atoms with Crippen molar-refractivity contribution in [1.29, 1.82) is 0 Å². The van der Waals surface area contributed by atoms with Crippen LogP contribution >= 0.6 is 0 Å². The van der Waals surface area contributed by atoms with Gasteiger partial charge in [-0.3, -0.25) is 4.79 Å². The van der Waals surface area contributed by atoms with E-state index in [0.717, 1.165) is 28.5 Å². The second-order valence-corrected chi connectivity index (χ2v) is 11.5. The molecule has 1 fully saturated rings. The summed E-state index contributed by atoms with van der Waals surface area (Å²) >= 11 is 0. The van der Waals surface area contributed by atoms with Crippen LogP contribution in [0.1, 0.15) is 30.7 Å². The average molecular weight is 561 g/mol. The molecule has 2 aliphatic rings. The zero-order valence-corrected chi connectivity index (χ0v) is 23.1. The third-order valence-electron chi connectivity index (χ3n) is 6.76. The number of aliphatic hydroxyl groups excluding tert-OH is 1. The van der Waals surface area contributed by atoms with E-state index >= 15 is 0 Å². The second kappa shape index (κ2) is 13.3. The molecule has 10 nitrogen and oxygen atoms in total. The first-order valence-corrected chi connectivity index (χ1v) is 14.5. The molecule has 1 aliphatic heterocycles. The van der Waals surface area contributed by atoms with E-state index in [1.165, 1.54) is 19.2 Å². The maximum Gasteiger partial charge on any atom is 0.286 e. The van der Waals surface area contributed by atoms with Crippen molar-refractivity contribution >= 4 is 15.9 Å². The third-order valence-corrected chi connectivity index (χ3v) is 8.68. The molecule has 11 heteroatoms. The number of aliphatic hydroxyl groups is 1. The Labute approximate surface area is 229 Å². The van der Waals surface area contributed by atoms with Gasteiger partial charge in [0.2, 0.25) is 16.3 Å². The topological polar surface area (TPSA) is 124 Å². The molecule has 0 unspecified atom stereocenters. The first kappa shape index (κ1) is 28.9. The van der Waals surface area contributed by atoms with E-state index in [2.05, 4.69) is 5.32 Å². The van der Waals surface area contributed by atoms with Gasteiger partial charge in [0.15, 0.2) is 5.76 Å². The van der Waals surface area contributed by atoms with E-state index in [1.54, 1.807) is 25.3 Å². The van der Waals surface area contributed by atoms with Crippen molar-refractivity contribution in [3.8, 4) is 11.5 Å². The summed E-state index contributed by atoms with van der Waals surface area (Å²) in [5.74, 6) is 1.54. The zero-order chi connectivity index (χ0) is 27.8. The number of methoxy groups -OCH3 is 2. The summed E-state index contributed by atoms with van der Waals surface area (Å²) in [5, 5.41) is 12.4. The van der Waals surface area contributed by atoms with Crippen LogP contribution in [0.5, 0.6) is 11.5 Å². The molecule has 2 N–H and O–H groups in total. The van der Waals surface area contributed by atoms with Gasteiger partial charge < -0.3 is 29.4 Å². The molecule has 2 aromatic rings. The van der Waals surface area contributed by atoms with Crippen molar-refractivity contribution in [1.82, 2.24) is 9.62 Å². The monoisotopic (exact) mass is 560 g/mol. The minimum atomic E-state index is -3.88. The lowest BCUT2D eigenvalue weighted by Crippen LogP contribution is -2.38. The Hall–Kier alpha value is -3.12. The van der Waals surface area contributed by atoms with E-state index in [1.807, 2.05) is 24.3 Å². The van der Waals surface area contributed by atoms with Gasteiger partial charge in [-0.05, 0) is 66.8 Å². The molecule has 2 aromatic carbocycles. The summed E-state index contributed by atoms with van der Waals surface area (Å²) in [4.78, 5) is 12.9. The number of nitrogens with one attached hydrogen (secondary N) is 1. The Morgan fingerprint density at radius 3 is 2.26 bits per heavy atom. The van der Waals surface area contributed by atoms with Gasteiger partial charge in [0.05, 0.1) is 32.3 Å². The molecular formula is C28H36N2O8S. The standard InChI is InChI=1S/C28H36N2O8S/c1-35-23-7-5-21(6-8-23)22-17-26(28(32)29-19-20-3-4-20)38-27(18-22)37-16-14-30(13-15-31)39(33,34)25-11-9-24(36-2)10-12-25/h5-12,17,20,22,27,31H,3-4,13-16,18-19H2,1-2H3,(H,29,32)/t22-,27+/m1/s1. The van der Waals surface area contributed by atoms with Crippen LogP contribution in [0, 0.1) is 5.92 Å². The van der Waals surface area contributed by atoms with E-state index < -0.39 is 16.3 Å². The number of carbonyl (C=O) groups excluding carboxylic acids is 1. The smallest absolute Gasteiger partial charge is 0.286 e. The fraction of sp³-hybridized carbons (Fsp3) is 0.464. The number of benzene rings is 2. The maximum atomic E-state index is 13.2. The Kier molecular flexibility index (Phi) is 9.84. The predicted octanol–water partition coefficient (Wildman–Crippen LogP) is 2.64. The highest BCUT2D eigenvalue weighted by molar-refractivity contribution is 7.89. The van der Waals surface area contributed by atoms with Gasteiger partial charge in [-0.25, -0.2) is 8.42 Å². The highest BCUT2D eigenvalue weighted by Crippen LogP contribution is 2.33. The molecule has 212 valence electrons. The third kappa shape index (κ3) is 7.72. The van der Waals surface area contributed by atoms with Gasteiger partial charge in [0.1, 0.15) is 11.5 Å². The lowest BCUT2D eigenvalue weighted by atomic mass is 9.93. The van der Waals surface area contributed by atoms with Crippen molar-refractivity contribution in [3.63, 3.8) is 0 Å². The van der Waals surface area contributed by atoms with E-state index in [9.17, 15) is 18.3 Å². The van der Waals surface area contributed by atoms with Gasteiger partial charge >= 0.3 is 0 Å².